The van der Waals surface area contributed by atoms with Crippen LogP contribution in [0.4, 0.5) is 10.5 Å². The lowest BCUT2D eigenvalue weighted by molar-refractivity contribution is 0.214. The highest BCUT2D eigenvalue weighted by atomic mass is 35.6. The summed E-state index contributed by atoms with van der Waals surface area (Å²) >= 11 is 17.7. The lowest BCUT2D eigenvalue weighted by atomic mass is 10.3. The normalized spacial score (nSPS) is 12.5. The number of methoxy groups -OCH3 is 1. The van der Waals surface area contributed by atoms with Gasteiger partial charge in [-0.1, -0.05) is 46.9 Å². The van der Waals surface area contributed by atoms with Gasteiger partial charge < -0.3 is 20.3 Å². The fourth-order valence-corrected chi connectivity index (χ4v) is 1.70. The molecule has 0 spiro atoms. The fourth-order valence-electron chi connectivity index (χ4n) is 1.37. The van der Waals surface area contributed by atoms with Crippen molar-refractivity contribution in [3.05, 3.63) is 24.3 Å². The standard InChI is InChI=1S/C12H16Cl3N3O2/c1-18(2)11(19)17-10(12(13,14)15)16-8-6-4-5-7-9(8)20-3/h4-7,10,16H,1-3H3,(H,17,19)/t10-/m0/s1. The minimum atomic E-state index is -1.73. The first-order chi connectivity index (χ1) is 9.25. The Hall–Kier alpha value is -1.04. The summed E-state index contributed by atoms with van der Waals surface area (Å²) in [6, 6.07) is 6.74. The Balaban J connectivity index is 2.93. The summed E-state index contributed by atoms with van der Waals surface area (Å²) in [5.74, 6) is 0.575. The van der Waals surface area contributed by atoms with Crippen molar-refractivity contribution in [3.8, 4) is 5.75 Å². The molecule has 0 aliphatic carbocycles. The quantitative estimate of drug-likeness (QED) is 0.654. The van der Waals surface area contributed by atoms with Crippen LogP contribution in [0.5, 0.6) is 5.75 Å². The molecule has 20 heavy (non-hydrogen) atoms. The van der Waals surface area contributed by atoms with E-state index in [2.05, 4.69) is 10.6 Å². The zero-order valence-corrected chi connectivity index (χ0v) is 13.6. The molecule has 5 nitrogen and oxygen atoms in total. The third-order valence-electron chi connectivity index (χ3n) is 2.41. The molecule has 0 bridgehead atoms. The van der Waals surface area contributed by atoms with E-state index >= 15 is 0 Å². The van der Waals surface area contributed by atoms with E-state index in [1.807, 2.05) is 6.07 Å². The fraction of sp³-hybridized carbons (Fsp3) is 0.417. The van der Waals surface area contributed by atoms with Crippen molar-refractivity contribution in [1.29, 1.82) is 0 Å². The second-order valence-electron chi connectivity index (χ2n) is 4.16. The van der Waals surface area contributed by atoms with E-state index in [4.69, 9.17) is 39.5 Å². The lowest BCUT2D eigenvalue weighted by Gasteiger charge is -2.29. The molecule has 1 atom stereocenters. The molecule has 2 N–H and O–H groups in total. The highest BCUT2D eigenvalue weighted by Crippen LogP contribution is 2.33. The highest BCUT2D eigenvalue weighted by Gasteiger charge is 2.34. The minimum absolute atomic E-state index is 0.385. The van der Waals surface area contributed by atoms with Gasteiger partial charge in [0.15, 0.2) is 0 Å². The number of ether oxygens (including phenoxy) is 1. The van der Waals surface area contributed by atoms with Gasteiger partial charge >= 0.3 is 6.03 Å². The van der Waals surface area contributed by atoms with E-state index in [1.54, 1.807) is 32.3 Å². The molecular weight excluding hydrogens is 325 g/mol. The summed E-state index contributed by atoms with van der Waals surface area (Å²) in [6.07, 6.45) is -0.918. The van der Waals surface area contributed by atoms with E-state index in [9.17, 15) is 4.79 Å². The molecule has 0 aromatic heterocycles. The third-order valence-corrected chi connectivity index (χ3v) is 3.06. The summed E-state index contributed by atoms with van der Waals surface area (Å²) < 4.78 is 3.47. The SMILES string of the molecule is COc1ccccc1N[C@@H](NC(=O)N(C)C)C(Cl)(Cl)Cl. The van der Waals surface area contributed by atoms with Crippen LogP contribution in [0.2, 0.25) is 0 Å². The van der Waals surface area contributed by atoms with Gasteiger partial charge in [0.05, 0.1) is 12.8 Å². The number of amides is 2. The molecule has 112 valence electrons. The maximum absolute atomic E-state index is 11.7. The molecule has 0 radical (unpaired) electrons. The number of carbonyl (C=O) groups excluding carboxylic acids is 1. The van der Waals surface area contributed by atoms with E-state index in [0.29, 0.717) is 11.4 Å². The molecule has 0 unspecified atom stereocenters. The summed E-state index contributed by atoms with van der Waals surface area (Å²) in [5, 5.41) is 5.53. The maximum Gasteiger partial charge on any atom is 0.318 e. The van der Waals surface area contributed by atoms with Crippen LogP contribution in [0.1, 0.15) is 0 Å². The number of nitrogens with zero attached hydrogens (tertiary/aromatic N) is 1. The molecule has 0 aliphatic heterocycles. The molecule has 1 rings (SSSR count). The molecule has 1 aromatic rings. The Labute approximate surface area is 133 Å². The van der Waals surface area contributed by atoms with Gasteiger partial charge in [-0.25, -0.2) is 4.79 Å². The van der Waals surface area contributed by atoms with Crippen molar-refractivity contribution in [3.63, 3.8) is 0 Å². The monoisotopic (exact) mass is 339 g/mol. The number of benzene rings is 1. The average molecular weight is 341 g/mol. The van der Waals surface area contributed by atoms with Crippen molar-refractivity contribution >= 4 is 46.5 Å². The molecule has 0 heterocycles. The van der Waals surface area contributed by atoms with E-state index in [-0.39, 0.29) is 6.03 Å². The lowest BCUT2D eigenvalue weighted by Crippen LogP contribution is -2.52. The third kappa shape index (κ3) is 4.81. The number of anilines is 1. The number of hydrogen-bond acceptors (Lipinski definition) is 3. The summed E-state index contributed by atoms with van der Waals surface area (Å²) in [4.78, 5) is 13.1. The molecule has 8 heteroatoms. The minimum Gasteiger partial charge on any atom is -0.495 e. The van der Waals surface area contributed by atoms with Crippen LogP contribution in [0.25, 0.3) is 0 Å². The van der Waals surface area contributed by atoms with Crippen molar-refractivity contribution in [2.45, 2.75) is 9.96 Å². The first kappa shape index (κ1) is 17.0. The summed E-state index contributed by atoms with van der Waals surface area (Å²) in [7, 11) is 4.71. The van der Waals surface area contributed by atoms with Gasteiger partial charge in [0.2, 0.25) is 3.79 Å². The topological polar surface area (TPSA) is 53.6 Å². The number of nitrogens with one attached hydrogen (secondary N) is 2. The van der Waals surface area contributed by atoms with Crippen LogP contribution in [0, 0.1) is 0 Å². The van der Waals surface area contributed by atoms with Gasteiger partial charge in [-0.2, -0.15) is 0 Å². The molecule has 2 amide bonds. The number of alkyl halides is 3. The molecule has 1 aromatic carbocycles. The number of para-hydroxylation sites is 2. The smallest absolute Gasteiger partial charge is 0.318 e. The number of hydrogen-bond donors (Lipinski definition) is 2. The highest BCUT2D eigenvalue weighted by molar-refractivity contribution is 6.68. The van der Waals surface area contributed by atoms with E-state index in [0.717, 1.165) is 0 Å². The van der Waals surface area contributed by atoms with Gasteiger partial charge in [0, 0.05) is 14.1 Å². The Morgan fingerprint density at radius 3 is 2.40 bits per heavy atom. The Bertz CT molecular complexity index is 464. The summed E-state index contributed by atoms with van der Waals surface area (Å²) in [6.45, 7) is 0. The van der Waals surface area contributed by atoms with Crippen LogP contribution in [-0.4, -0.2) is 42.1 Å². The second-order valence-corrected chi connectivity index (χ2v) is 6.53. The molecule has 0 saturated heterocycles. The van der Waals surface area contributed by atoms with Crippen LogP contribution >= 0.6 is 34.8 Å². The van der Waals surface area contributed by atoms with Crippen LogP contribution < -0.4 is 15.4 Å². The van der Waals surface area contributed by atoms with Crippen LogP contribution in [0.3, 0.4) is 0 Å². The zero-order chi connectivity index (χ0) is 15.3. The van der Waals surface area contributed by atoms with Crippen molar-refractivity contribution in [2.75, 3.05) is 26.5 Å². The summed E-state index contributed by atoms with van der Waals surface area (Å²) in [5.41, 5.74) is 0.602. The molecule has 0 fully saturated rings. The van der Waals surface area contributed by atoms with Crippen LogP contribution in [-0.2, 0) is 0 Å². The van der Waals surface area contributed by atoms with Crippen molar-refractivity contribution < 1.29 is 9.53 Å². The van der Waals surface area contributed by atoms with Crippen molar-refractivity contribution in [1.82, 2.24) is 10.2 Å². The second kappa shape index (κ2) is 7.11. The van der Waals surface area contributed by atoms with Gasteiger partial charge in [-0.3, -0.25) is 0 Å². The number of urea groups is 1. The molecule has 0 aliphatic rings. The van der Waals surface area contributed by atoms with E-state index < -0.39 is 9.96 Å². The van der Waals surface area contributed by atoms with Crippen LogP contribution in [0.15, 0.2) is 24.3 Å². The van der Waals surface area contributed by atoms with Gasteiger partial charge in [-0.15, -0.1) is 0 Å². The zero-order valence-electron chi connectivity index (χ0n) is 11.3. The first-order valence-electron chi connectivity index (χ1n) is 5.69. The number of rotatable bonds is 4. The van der Waals surface area contributed by atoms with Gasteiger partial charge in [-0.05, 0) is 12.1 Å². The van der Waals surface area contributed by atoms with Crippen molar-refractivity contribution in [2.24, 2.45) is 0 Å². The largest absolute Gasteiger partial charge is 0.495 e. The maximum atomic E-state index is 11.7. The Morgan fingerprint density at radius 1 is 1.30 bits per heavy atom. The number of carbonyl (C=O) groups is 1. The molecule has 0 saturated carbocycles. The average Bonchev–Trinajstić information content (AvgIpc) is 2.37. The molecular formula is C12H16Cl3N3O2. The Morgan fingerprint density at radius 2 is 1.90 bits per heavy atom. The predicted octanol–water partition coefficient (Wildman–Crippen LogP) is 3.07. The number of halogens is 3. The van der Waals surface area contributed by atoms with Gasteiger partial charge in [0.1, 0.15) is 11.9 Å². The predicted molar refractivity (Wildman–Crippen MR) is 82.9 cm³/mol. The Kier molecular flexibility index (Phi) is 6.05. The first-order valence-corrected chi connectivity index (χ1v) is 6.83. The van der Waals surface area contributed by atoms with Gasteiger partial charge in [0.25, 0.3) is 0 Å². The van der Waals surface area contributed by atoms with E-state index in [1.165, 1.54) is 12.0 Å².